The lowest BCUT2D eigenvalue weighted by molar-refractivity contribution is 0.607. The van der Waals surface area contributed by atoms with E-state index in [2.05, 4.69) is 15.9 Å². The fourth-order valence-corrected chi connectivity index (χ4v) is 2.39. The van der Waals surface area contributed by atoms with Crippen molar-refractivity contribution in [2.75, 3.05) is 0 Å². The maximum Gasteiger partial charge on any atom is 0.137 e. The van der Waals surface area contributed by atoms with Crippen molar-refractivity contribution < 1.29 is 8.78 Å². The Morgan fingerprint density at radius 2 is 1.83 bits per heavy atom. The lowest BCUT2D eigenvalue weighted by Gasteiger charge is -2.14. The first-order valence-corrected chi connectivity index (χ1v) is 6.31. The highest BCUT2D eigenvalue weighted by molar-refractivity contribution is 9.10. The minimum absolute atomic E-state index is 0.294. The quantitative estimate of drug-likeness (QED) is 0.912. The van der Waals surface area contributed by atoms with Crippen LogP contribution in [0.3, 0.4) is 0 Å². The Morgan fingerprint density at radius 3 is 2.56 bits per heavy atom. The van der Waals surface area contributed by atoms with Crippen molar-refractivity contribution in [3.05, 3.63) is 69.7 Å². The molecule has 0 fully saturated rings. The Labute approximate surface area is 113 Å². The van der Waals surface area contributed by atoms with Crippen LogP contribution < -0.4 is 5.73 Å². The van der Waals surface area contributed by atoms with Crippen molar-refractivity contribution in [3.63, 3.8) is 0 Å². The molecule has 1 unspecified atom stereocenters. The summed E-state index contributed by atoms with van der Waals surface area (Å²) in [7, 11) is 0. The average Bonchev–Trinajstić information content (AvgIpc) is 2.32. The molecule has 0 amide bonds. The summed E-state index contributed by atoms with van der Waals surface area (Å²) in [4.78, 5) is 0. The van der Waals surface area contributed by atoms with Crippen LogP contribution in [-0.2, 0) is 6.42 Å². The van der Waals surface area contributed by atoms with Gasteiger partial charge in [0.1, 0.15) is 11.6 Å². The maximum absolute atomic E-state index is 13.4. The van der Waals surface area contributed by atoms with Crippen LogP contribution in [0.2, 0.25) is 0 Å². The monoisotopic (exact) mass is 311 g/mol. The van der Waals surface area contributed by atoms with Gasteiger partial charge in [-0.1, -0.05) is 24.3 Å². The molecule has 0 bridgehead atoms. The minimum atomic E-state index is -0.378. The molecule has 1 atom stereocenters. The Kier molecular flexibility index (Phi) is 4.09. The predicted octanol–water partition coefficient (Wildman–Crippen LogP) is 3.97. The van der Waals surface area contributed by atoms with E-state index in [0.717, 1.165) is 5.56 Å². The van der Waals surface area contributed by atoms with E-state index in [0.29, 0.717) is 16.5 Å². The van der Waals surface area contributed by atoms with E-state index >= 15 is 0 Å². The molecule has 0 aliphatic heterocycles. The van der Waals surface area contributed by atoms with Crippen molar-refractivity contribution in [1.82, 2.24) is 0 Å². The number of nitrogens with two attached hydrogens (primary N) is 1. The van der Waals surface area contributed by atoms with E-state index in [1.165, 1.54) is 18.2 Å². The molecule has 94 valence electrons. The molecule has 0 heterocycles. The summed E-state index contributed by atoms with van der Waals surface area (Å²) in [5, 5.41) is 0. The highest BCUT2D eigenvalue weighted by atomic mass is 79.9. The van der Waals surface area contributed by atoms with Crippen molar-refractivity contribution in [2.45, 2.75) is 12.5 Å². The normalized spacial score (nSPS) is 12.4. The standard InChI is InChI=1S/C14H12BrF2N/c15-14-11(5-2-6-12(14)17)13(18)8-9-3-1-4-10(16)7-9/h1-7,13H,8,18H2. The number of benzene rings is 2. The third-order valence-electron chi connectivity index (χ3n) is 2.73. The van der Waals surface area contributed by atoms with Gasteiger partial charge in [0.15, 0.2) is 0 Å². The van der Waals surface area contributed by atoms with Gasteiger partial charge in [-0.25, -0.2) is 8.78 Å². The molecule has 0 spiro atoms. The first-order valence-electron chi connectivity index (χ1n) is 5.52. The van der Waals surface area contributed by atoms with Crippen LogP contribution in [0.4, 0.5) is 8.78 Å². The largest absolute Gasteiger partial charge is 0.324 e. The summed E-state index contributed by atoms with van der Waals surface area (Å²) in [6, 6.07) is 10.6. The summed E-state index contributed by atoms with van der Waals surface area (Å²) < 4.78 is 26.8. The van der Waals surface area contributed by atoms with Gasteiger partial charge >= 0.3 is 0 Å². The molecule has 0 aromatic heterocycles. The number of hydrogen-bond donors (Lipinski definition) is 1. The van der Waals surface area contributed by atoms with Crippen LogP contribution in [0.1, 0.15) is 17.2 Å². The Morgan fingerprint density at radius 1 is 1.11 bits per heavy atom. The molecule has 2 aromatic rings. The van der Waals surface area contributed by atoms with Gasteiger partial charge in [0.25, 0.3) is 0 Å². The zero-order valence-corrected chi connectivity index (χ0v) is 11.1. The van der Waals surface area contributed by atoms with Gasteiger partial charge in [0, 0.05) is 6.04 Å². The average molecular weight is 312 g/mol. The van der Waals surface area contributed by atoms with E-state index in [1.54, 1.807) is 24.3 Å². The third-order valence-corrected chi connectivity index (χ3v) is 3.56. The fourth-order valence-electron chi connectivity index (χ4n) is 1.83. The lowest BCUT2D eigenvalue weighted by atomic mass is 9.99. The molecule has 18 heavy (non-hydrogen) atoms. The molecule has 1 nitrogen and oxygen atoms in total. The van der Waals surface area contributed by atoms with Gasteiger partial charge in [-0.3, -0.25) is 0 Å². The van der Waals surface area contributed by atoms with Crippen LogP contribution in [-0.4, -0.2) is 0 Å². The van der Waals surface area contributed by atoms with Crippen LogP contribution in [0, 0.1) is 11.6 Å². The summed E-state index contributed by atoms with van der Waals surface area (Å²) in [5.74, 6) is -0.639. The molecule has 0 aliphatic rings. The van der Waals surface area contributed by atoms with Crippen LogP contribution in [0.25, 0.3) is 0 Å². The molecular weight excluding hydrogens is 300 g/mol. The topological polar surface area (TPSA) is 26.0 Å². The molecule has 2 aromatic carbocycles. The molecule has 2 N–H and O–H groups in total. The molecule has 2 rings (SSSR count). The van der Waals surface area contributed by atoms with Crippen LogP contribution in [0.5, 0.6) is 0 Å². The molecular formula is C14H12BrF2N. The number of hydrogen-bond acceptors (Lipinski definition) is 1. The molecule has 0 saturated carbocycles. The fraction of sp³-hybridized carbons (Fsp3) is 0.143. The van der Waals surface area contributed by atoms with Crippen molar-refractivity contribution >= 4 is 15.9 Å². The Hall–Kier alpha value is -1.26. The van der Waals surface area contributed by atoms with Crippen molar-refractivity contribution in [2.24, 2.45) is 5.73 Å². The zero-order valence-electron chi connectivity index (χ0n) is 9.54. The van der Waals surface area contributed by atoms with Gasteiger partial charge < -0.3 is 5.73 Å². The first-order chi connectivity index (χ1) is 8.58. The maximum atomic E-state index is 13.4. The highest BCUT2D eigenvalue weighted by Gasteiger charge is 2.13. The second-order valence-electron chi connectivity index (χ2n) is 4.08. The van der Waals surface area contributed by atoms with E-state index in [-0.39, 0.29) is 17.7 Å². The lowest BCUT2D eigenvalue weighted by Crippen LogP contribution is -2.14. The van der Waals surface area contributed by atoms with Crippen LogP contribution in [0.15, 0.2) is 46.9 Å². The first kappa shape index (κ1) is 13.2. The Bertz CT molecular complexity index is 557. The second kappa shape index (κ2) is 5.59. The predicted molar refractivity (Wildman–Crippen MR) is 71.1 cm³/mol. The van der Waals surface area contributed by atoms with Crippen molar-refractivity contribution in [1.29, 1.82) is 0 Å². The molecule has 0 radical (unpaired) electrons. The zero-order chi connectivity index (χ0) is 13.1. The molecule has 0 saturated heterocycles. The number of rotatable bonds is 3. The smallest absolute Gasteiger partial charge is 0.137 e. The molecule has 4 heteroatoms. The third kappa shape index (κ3) is 2.94. The van der Waals surface area contributed by atoms with E-state index in [9.17, 15) is 8.78 Å². The molecule has 0 aliphatic carbocycles. The minimum Gasteiger partial charge on any atom is -0.324 e. The van der Waals surface area contributed by atoms with E-state index in [4.69, 9.17) is 5.73 Å². The van der Waals surface area contributed by atoms with Gasteiger partial charge in [-0.15, -0.1) is 0 Å². The summed E-state index contributed by atoms with van der Waals surface area (Å²) >= 11 is 3.18. The Balaban J connectivity index is 2.22. The van der Waals surface area contributed by atoms with E-state index in [1.807, 2.05) is 0 Å². The van der Waals surface area contributed by atoms with Crippen molar-refractivity contribution in [3.8, 4) is 0 Å². The van der Waals surface area contributed by atoms with Crippen LogP contribution >= 0.6 is 15.9 Å². The SMILES string of the molecule is NC(Cc1cccc(F)c1)c1cccc(F)c1Br. The summed E-state index contributed by atoms with van der Waals surface area (Å²) in [5.41, 5.74) is 7.50. The van der Waals surface area contributed by atoms with Gasteiger partial charge in [0.05, 0.1) is 4.47 Å². The number of halogens is 3. The van der Waals surface area contributed by atoms with Gasteiger partial charge in [-0.2, -0.15) is 0 Å². The van der Waals surface area contributed by atoms with Gasteiger partial charge in [-0.05, 0) is 51.7 Å². The summed E-state index contributed by atoms with van der Waals surface area (Å²) in [6.45, 7) is 0. The summed E-state index contributed by atoms with van der Waals surface area (Å²) in [6.07, 6.45) is 0.458. The van der Waals surface area contributed by atoms with E-state index < -0.39 is 0 Å². The van der Waals surface area contributed by atoms with Gasteiger partial charge in [0.2, 0.25) is 0 Å². The second-order valence-corrected chi connectivity index (χ2v) is 4.88. The highest BCUT2D eigenvalue weighted by Crippen LogP contribution is 2.26.